The number of nitrogens with zero attached hydrogens (tertiary/aromatic N) is 5. The van der Waals surface area contributed by atoms with E-state index in [4.69, 9.17) is 9.72 Å². The van der Waals surface area contributed by atoms with Crippen LogP contribution in [0.3, 0.4) is 0 Å². The Morgan fingerprint density at radius 2 is 1.60 bits per heavy atom. The zero-order valence-corrected chi connectivity index (χ0v) is 17.4. The molecule has 0 unspecified atom stereocenters. The predicted molar refractivity (Wildman–Crippen MR) is 118 cm³/mol. The van der Waals surface area contributed by atoms with Gasteiger partial charge in [0, 0.05) is 67.3 Å². The molecule has 0 N–H and O–H groups in total. The maximum atomic E-state index is 5.44. The van der Waals surface area contributed by atoms with Crippen molar-refractivity contribution in [2.24, 2.45) is 0 Å². The Morgan fingerprint density at radius 1 is 0.867 bits per heavy atom. The SMILES string of the molecule is c1cc(-c2cnc3nc(C4CCN(CCN5CCOCC5)CC4)ccc3c2)ccn1. The molecular weight excluding hydrogens is 374 g/mol. The molecule has 2 fully saturated rings. The zero-order chi connectivity index (χ0) is 20.2. The molecule has 0 radical (unpaired) electrons. The second-order valence-electron chi connectivity index (χ2n) is 8.31. The lowest BCUT2D eigenvalue weighted by atomic mass is 9.92. The van der Waals surface area contributed by atoms with Crippen molar-refractivity contribution in [3.63, 3.8) is 0 Å². The number of ether oxygens (including phenoxy) is 1. The number of fused-ring (bicyclic) bond motifs is 1. The molecule has 2 aliphatic rings. The van der Waals surface area contributed by atoms with Gasteiger partial charge in [0.25, 0.3) is 0 Å². The molecular formula is C24H29N5O. The van der Waals surface area contributed by atoms with Gasteiger partial charge < -0.3 is 9.64 Å². The molecule has 6 heteroatoms. The van der Waals surface area contributed by atoms with Crippen molar-refractivity contribution < 1.29 is 4.74 Å². The molecule has 3 aromatic heterocycles. The molecule has 0 spiro atoms. The lowest BCUT2D eigenvalue weighted by Crippen LogP contribution is -2.43. The number of pyridine rings is 3. The van der Waals surface area contributed by atoms with E-state index in [0.717, 1.165) is 74.6 Å². The van der Waals surface area contributed by atoms with Crippen molar-refractivity contribution in [3.05, 3.63) is 54.6 Å². The maximum absolute atomic E-state index is 5.44. The number of likely N-dealkylation sites (tertiary alicyclic amines) is 1. The number of hydrogen-bond donors (Lipinski definition) is 0. The Labute approximate surface area is 177 Å². The molecule has 156 valence electrons. The van der Waals surface area contributed by atoms with E-state index in [9.17, 15) is 0 Å². The molecule has 3 aromatic rings. The highest BCUT2D eigenvalue weighted by Gasteiger charge is 2.22. The monoisotopic (exact) mass is 403 g/mol. The van der Waals surface area contributed by atoms with Crippen molar-refractivity contribution in [2.45, 2.75) is 18.8 Å². The summed E-state index contributed by atoms with van der Waals surface area (Å²) in [6, 6.07) is 10.6. The standard InChI is InChI=1S/C24H29N5O/c1-2-23(20-5-9-28(10-6-20)11-12-29-13-15-30-16-14-29)27-24-21(1)17-22(18-26-24)19-3-7-25-8-4-19/h1-4,7-8,17-18,20H,5-6,9-16H2. The summed E-state index contributed by atoms with van der Waals surface area (Å²) in [6.07, 6.45) is 7.90. The van der Waals surface area contributed by atoms with Gasteiger partial charge in [-0.1, -0.05) is 0 Å². The Kier molecular flexibility index (Phi) is 5.97. The van der Waals surface area contributed by atoms with E-state index in [2.05, 4.69) is 38.0 Å². The summed E-state index contributed by atoms with van der Waals surface area (Å²) in [7, 11) is 0. The first-order valence-electron chi connectivity index (χ1n) is 11.0. The van der Waals surface area contributed by atoms with Gasteiger partial charge in [-0.2, -0.15) is 0 Å². The molecule has 2 aliphatic heterocycles. The molecule has 0 saturated carbocycles. The van der Waals surface area contributed by atoms with Gasteiger partial charge in [-0.05, 0) is 61.8 Å². The predicted octanol–water partition coefficient (Wildman–Crippen LogP) is 3.20. The van der Waals surface area contributed by atoms with Crippen LogP contribution in [-0.4, -0.2) is 77.2 Å². The Hall–Kier alpha value is -2.41. The van der Waals surface area contributed by atoms with Crippen molar-refractivity contribution in [1.29, 1.82) is 0 Å². The number of aromatic nitrogens is 3. The fourth-order valence-electron chi connectivity index (χ4n) is 4.51. The summed E-state index contributed by atoms with van der Waals surface area (Å²) in [5.41, 5.74) is 4.28. The fourth-order valence-corrected chi connectivity index (χ4v) is 4.51. The third-order valence-electron chi connectivity index (χ3n) is 6.42. The first-order chi connectivity index (χ1) is 14.8. The normalized spacial score (nSPS) is 19.3. The summed E-state index contributed by atoms with van der Waals surface area (Å²) in [5.74, 6) is 0.538. The van der Waals surface area contributed by atoms with E-state index in [-0.39, 0.29) is 0 Å². The number of piperidine rings is 1. The summed E-state index contributed by atoms with van der Waals surface area (Å²) in [5, 5.41) is 1.09. The van der Waals surface area contributed by atoms with Gasteiger partial charge in [-0.25, -0.2) is 9.97 Å². The third-order valence-corrected chi connectivity index (χ3v) is 6.42. The highest BCUT2D eigenvalue weighted by Crippen LogP contribution is 2.29. The van der Waals surface area contributed by atoms with Gasteiger partial charge in [0.05, 0.1) is 13.2 Å². The first kappa shape index (κ1) is 19.5. The molecule has 0 aliphatic carbocycles. The Morgan fingerprint density at radius 3 is 2.37 bits per heavy atom. The van der Waals surface area contributed by atoms with Crippen LogP contribution in [-0.2, 0) is 4.74 Å². The van der Waals surface area contributed by atoms with Crippen LogP contribution in [0.4, 0.5) is 0 Å². The second kappa shape index (κ2) is 9.16. The lowest BCUT2D eigenvalue weighted by Gasteiger charge is -2.34. The minimum Gasteiger partial charge on any atom is -0.379 e. The molecule has 6 nitrogen and oxygen atoms in total. The number of hydrogen-bond acceptors (Lipinski definition) is 6. The van der Waals surface area contributed by atoms with Gasteiger partial charge in [-0.15, -0.1) is 0 Å². The van der Waals surface area contributed by atoms with E-state index >= 15 is 0 Å². The van der Waals surface area contributed by atoms with Crippen molar-refractivity contribution in [1.82, 2.24) is 24.8 Å². The maximum Gasteiger partial charge on any atom is 0.159 e. The van der Waals surface area contributed by atoms with E-state index in [0.29, 0.717) is 5.92 Å². The molecule has 5 heterocycles. The van der Waals surface area contributed by atoms with E-state index in [1.807, 2.05) is 30.7 Å². The van der Waals surface area contributed by atoms with Gasteiger partial charge in [0.2, 0.25) is 0 Å². The van der Waals surface area contributed by atoms with Gasteiger partial charge >= 0.3 is 0 Å². The van der Waals surface area contributed by atoms with Gasteiger partial charge in [-0.3, -0.25) is 9.88 Å². The summed E-state index contributed by atoms with van der Waals surface area (Å²) in [4.78, 5) is 18.8. The van der Waals surface area contributed by atoms with Crippen LogP contribution >= 0.6 is 0 Å². The van der Waals surface area contributed by atoms with Gasteiger partial charge in [0.15, 0.2) is 5.65 Å². The van der Waals surface area contributed by atoms with Crippen LogP contribution in [0.2, 0.25) is 0 Å². The first-order valence-corrected chi connectivity index (χ1v) is 11.0. The molecule has 5 rings (SSSR count). The van der Waals surface area contributed by atoms with Gasteiger partial charge in [0.1, 0.15) is 0 Å². The average molecular weight is 404 g/mol. The molecule has 0 atom stereocenters. The van der Waals surface area contributed by atoms with Crippen LogP contribution in [0.1, 0.15) is 24.5 Å². The lowest BCUT2D eigenvalue weighted by molar-refractivity contribution is 0.0320. The number of morpholine rings is 1. The smallest absolute Gasteiger partial charge is 0.159 e. The highest BCUT2D eigenvalue weighted by atomic mass is 16.5. The van der Waals surface area contributed by atoms with Crippen LogP contribution in [0.25, 0.3) is 22.2 Å². The molecule has 2 saturated heterocycles. The second-order valence-corrected chi connectivity index (χ2v) is 8.31. The summed E-state index contributed by atoms with van der Waals surface area (Å²) < 4.78 is 5.44. The molecule has 30 heavy (non-hydrogen) atoms. The van der Waals surface area contributed by atoms with Crippen molar-refractivity contribution in [2.75, 3.05) is 52.5 Å². The largest absolute Gasteiger partial charge is 0.379 e. The zero-order valence-electron chi connectivity index (χ0n) is 17.4. The topological polar surface area (TPSA) is 54.4 Å². The van der Waals surface area contributed by atoms with E-state index < -0.39 is 0 Å². The minimum absolute atomic E-state index is 0.538. The van der Waals surface area contributed by atoms with Crippen molar-refractivity contribution in [3.8, 4) is 11.1 Å². The average Bonchev–Trinajstić information content (AvgIpc) is 2.84. The van der Waals surface area contributed by atoms with Crippen LogP contribution in [0.5, 0.6) is 0 Å². The quantitative estimate of drug-likeness (QED) is 0.652. The summed E-state index contributed by atoms with van der Waals surface area (Å²) >= 11 is 0. The number of rotatable bonds is 5. The van der Waals surface area contributed by atoms with E-state index in [1.54, 1.807) is 0 Å². The minimum atomic E-state index is 0.538. The van der Waals surface area contributed by atoms with Crippen molar-refractivity contribution >= 4 is 11.0 Å². The molecule has 0 bridgehead atoms. The third kappa shape index (κ3) is 4.51. The van der Waals surface area contributed by atoms with Crippen LogP contribution in [0.15, 0.2) is 48.9 Å². The van der Waals surface area contributed by atoms with E-state index in [1.165, 1.54) is 18.5 Å². The van der Waals surface area contributed by atoms with Crippen LogP contribution < -0.4 is 0 Å². The van der Waals surface area contributed by atoms with Crippen LogP contribution in [0, 0.1) is 0 Å². The Balaban J connectivity index is 1.20. The highest BCUT2D eigenvalue weighted by molar-refractivity contribution is 5.80. The Bertz CT molecular complexity index is 966. The summed E-state index contributed by atoms with van der Waals surface area (Å²) in [6.45, 7) is 8.55. The molecule has 0 aromatic carbocycles. The molecule has 0 amide bonds. The fraction of sp³-hybridized carbons (Fsp3) is 0.458.